The van der Waals surface area contributed by atoms with E-state index in [0.717, 1.165) is 5.46 Å². The third kappa shape index (κ3) is 1.84. The first-order valence-corrected chi connectivity index (χ1v) is 2.72. The molecule has 1 aromatic heterocycles. The second kappa shape index (κ2) is 3.23. The van der Waals surface area contributed by atoms with Crippen LogP contribution in [0.25, 0.3) is 6.08 Å². The van der Waals surface area contributed by atoms with Crippen LogP contribution in [0.4, 0.5) is 0 Å². The molecule has 0 amide bonds. The number of hydrogen-bond donors (Lipinski definition) is 0. The van der Waals surface area contributed by atoms with Gasteiger partial charge in [-0.15, -0.1) is 0 Å². The van der Waals surface area contributed by atoms with Crippen molar-refractivity contribution in [2.45, 2.75) is 0 Å². The molecule has 0 spiro atoms. The molecule has 0 aliphatic heterocycles. The molecule has 1 heterocycles. The van der Waals surface area contributed by atoms with Gasteiger partial charge in [0.1, 0.15) is 0 Å². The molecule has 0 saturated carbocycles. The third-order valence-corrected chi connectivity index (χ3v) is 0.973. The van der Waals surface area contributed by atoms with E-state index in [1.54, 1.807) is 18.5 Å². The van der Waals surface area contributed by atoms with Crippen molar-refractivity contribution in [2.24, 2.45) is 0 Å². The summed E-state index contributed by atoms with van der Waals surface area (Å²) in [5.74, 6) is 3.37. The Balaban J connectivity index is 2.85. The van der Waals surface area contributed by atoms with Crippen molar-refractivity contribution < 1.29 is 0 Å². The number of nitrogens with zero attached hydrogens (tertiary/aromatic N) is 1. The topological polar surface area (TPSA) is 12.9 Å². The summed E-state index contributed by atoms with van der Waals surface area (Å²) in [5, 5.41) is 0. The number of aromatic nitrogens is 1. The van der Waals surface area contributed by atoms with Crippen molar-refractivity contribution in [2.75, 3.05) is 0 Å². The summed E-state index contributed by atoms with van der Waals surface area (Å²) < 4.78 is 0. The molecule has 0 aliphatic rings. The fraction of sp³-hybridized carbons (Fsp3) is 0. The van der Waals surface area contributed by atoms with Gasteiger partial charge in [0.05, 0.1) is 0 Å². The Labute approximate surface area is 56.4 Å². The molecular weight excluding hydrogens is 108 g/mol. The van der Waals surface area contributed by atoms with Crippen LogP contribution in [0.3, 0.4) is 0 Å². The van der Waals surface area contributed by atoms with Crippen LogP contribution in [0, 0.1) is 0 Å². The minimum atomic E-state index is 1.03. The average molecular weight is 113 g/mol. The predicted molar refractivity (Wildman–Crippen MR) is 40.4 cm³/mol. The summed E-state index contributed by atoms with van der Waals surface area (Å²) in [6, 6.07) is 0. The van der Waals surface area contributed by atoms with Gasteiger partial charge in [-0.05, 0) is 0 Å². The molecule has 0 unspecified atom stereocenters. The summed E-state index contributed by atoms with van der Waals surface area (Å²) in [6.45, 7) is 1.94. The summed E-state index contributed by atoms with van der Waals surface area (Å²) in [5.41, 5.74) is 1.03. The summed E-state index contributed by atoms with van der Waals surface area (Å²) >= 11 is 0. The fourth-order valence-electron chi connectivity index (χ4n) is 0.586. The Kier molecular flexibility index (Phi) is 2.25. The van der Waals surface area contributed by atoms with E-state index < -0.39 is 0 Å². The van der Waals surface area contributed by atoms with E-state index in [4.69, 9.17) is 7.85 Å². The van der Waals surface area contributed by atoms with Crippen LogP contribution >= 0.6 is 0 Å². The van der Waals surface area contributed by atoms with E-state index in [-0.39, 0.29) is 0 Å². The Bertz CT molecular complexity index is 195. The first kappa shape index (κ1) is 6.27. The molecule has 0 N–H and O–H groups in total. The van der Waals surface area contributed by atoms with Crippen LogP contribution in [-0.4, -0.2) is 19.7 Å². The molecule has 40 valence electrons. The standard InChI is InChI=1S/C6H5B2N/c7-2-1-6-5-9-4-3-8-6/h1-5H. The molecule has 2 radical (unpaired) electrons. The van der Waals surface area contributed by atoms with Gasteiger partial charge in [-0.3, -0.25) is 0 Å². The van der Waals surface area contributed by atoms with E-state index in [0.29, 0.717) is 0 Å². The van der Waals surface area contributed by atoms with Gasteiger partial charge < -0.3 is 0 Å². The van der Waals surface area contributed by atoms with Crippen molar-refractivity contribution in [3.63, 3.8) is 0 Å². The summed E-state index contributed by atoms with van der Waals surface area (Å²) in [7, 11) is 5.15. The normalized spacial score (nSPS) is 9.78. The van der Waals surface area contributed by atoms with Crippen LogP contribution in [0.15, 0.2) is 24.3 Å². The van der Waals surface area contributed by atoms with Crippen LogP contribution < -0.4 is 0 Å². The Morgan fingerprint density at radius 1 is 1.67 bits per heavy atom. The van der Waals surface area contributed by atoms with Crippen LogP contribution in [0.2, 0.25) is 0 Å². The van der Waals surface area contributed by atoms with Crippen molar-refractivity contribution in [3.8, 4) is 0 Å². The molecule has 0 fully saturated rings. The maximum absolute atomic E-state index is 5.15. The molecule has 0 saturated heterocycles. The first-order valence-electron chi connectivity index (χ1n) is 2.72. The van der Waals surface area contributed by atoms with Crippen molar-refractivity contribution in [3.05, 3.63) is 29.8 Å². The van der Waals surface area contributed by atoms with Crippen LogP contribution in [0.1, 0.15) is 5.46 Å². The predicted octanol–water partition coefficient (Wildman–Crippen LogP) is 0.559. The molecule has 1 rings (SSSR count). The first-order chi connectivity index (χ1) is 4.43. The van der Waals surface area contributed by atoms with Gasteiger partial charge in [0.25, 0.3) is 0 Å². The quantitative estimate of drug-likeness (QED) is 0.484. The van der Waals surface area contributed by atoms with Crippen LogP contribution in [-0.2, 0) is 0 Å². The van der Waals surface area contributed by atoms with E-state index in [1.807, 2.05) is 12.9 Å². The molecule has 0 aromatic carbocycles. The fourth-order valence-corrected chi connectivity index (χ4v) is 0.586. The monoisotopic (exact) mass is 113 g/mol. The van der Waals surface area contributed by atoms with Crippen LogP contribution in [0.5, 0.6) is 0 Å². The van der Waals surface area contributed by atoms with E-state index in [1.165, 1.54) is 5.98 Å². The van der Waals surface area contributed by atoms with Crippen molar-refractivity contribution in [1.82, 2.24) is 4.98 Å². The summed E-state index contributed by atoms with van der Waals surface area (Å²) in [4.78, 5) is 3.90. The zero-order valence-electron chi connectivity index (χ0n) is 4.99. The Morgan fingerprint density at radius 2 is 2.56 bits per heavy atom. The molecule has 3 heteroatoms. The zero-order chi connectivity index (χ0) is 6.53. The van der Waals surface area contributed by atoms with E-state index in [2.05, 4.69) is 4.98 Å². The molecule has 1 nitrogen and oxygen atoms in total. The second-order valence-corrected chi connectivity index (χ2v) is 1.65. The van der Waals surface area contributed by atoms with Gasteiger partial charge in [0, 0.05) is 0 Å². The van der Waals surface area contributed by atoms with Gasteiger partial charge in [-0.1, -0.05) is 0 Å². The van der Waals surface area contributed by atoms with Gasteiger partial charge in [-0.25, -0.2) is 0 Å². The van der Waals surface area contributed by atoms with E-state index >= 15 is 0 Å². The second-order valence-electron chi connectivity index (χ2n) is 1.65. The Hall–Kier alpha value is -0.850. The summed E-state index contributed by atoms with van der Waals surface area (Å²) in [6.07, 6.45) is 5.28. The zero-order valence-corrected chi connectivity index (χ0v) is 4.99. The molecule has 0 atom stereocenters. The molecule has 1 aromatic rings. The molecule has 9 heavy (non-hydrogen) atoms. The van der Waals surface area contributed by atoms with Crippen molar-refractivity contribution in [1.29, 1.82) is 0 Å². The molecular formula is C6H5B2N. The minimum absolute atomic E-state index is 1.03. The van der Waals surface area contributed by atoms with Gasteiger partial charge in [0.15, 0.2) is 0 Å². The van der Waals surface area contributed by atoms with Gasteiger partial charge in [-0.2, -0.15) is 0 Å². The SMILES string of the molecule is [B]C=Cc1bccnc1. The average Bonchev–Trinajstić information content (AvgIpc) is 1.91. The van der Waals surface area contributed by atoms with E-state index in [9.17, 15) is 0 Å². The number of rotatable bonds is 1. The van der Waals surface area contributed by atoms with Gasteiger partial charge in [0.2, 0.25) is 0 Å². The maximum atomic E-state index is 5.15. The van der Waals surface area contributed by atoms with Gasteiger partial charge >= 0.3 is 55.6 Å². The number of hydrogen-bond acceptors (Lipinski definition) is 1. The molecule has 0 aliphatic carbocycles. The van der Waals surface area contributed by atoms with Crippen molar-refractivity contribution >= 4 is 20.8 Å². The third-order valence-electron chi connectivity index (χ3n) is 0.973. The molecule has 0 bridgehead atoms. The Morgan fingerprint density at radius 3 is 3.11 bits per heavy atom.